The number of nitrogens with zero attached hydrogens (tertiary/aromatic N) is 1. The first-order valence-corrected chi connectivity index (χ1v) is 9.97. The van der Waals surface area contributed by atoms with Gasteiger partial charge < -0.3 is 4.90 Å². The molecule has 2 nitrogen and oxygen atoms in total. The zero-order valence-electron chi connectivity index (χ0n) is 10.5. The Kier molecular flexibility index (Phi) is 6.37. The minimum atomic E-state index is 0.169. The Balaban J connectivity index is 2.15. The molecule has 0 unspecified atom stereocenters. The molecule has 19 heavy (non-hydrogen) atoms. The van der Waals surface area contributed by atoms with Gasteiger partial charge in [0.2, 0.25) is 0 Å². The standard InChI is InChI=1S/C13H16Br3NOS/c14-6-7-17(9-4-2-1-3-5-9)13(18)11-8-10(15)12(16)19-11/h8-9H,1-7H2. The van der Waals surface area contributed by atoms with Crippen LogP contribution in [0.5, 0.6) is 0 Å². The van der Waals surface area contributed by atoms with Crippen LogP contribution < -0.4 is 0 Å². The van der Waals surface area contributed by atoms with Gasteiger partial charge in [0, 0.05) is 22.4 Å². The number of carbonyl (C=O) groups is 1. The molecule has 0 spiro atoms. The zero-order chi connectivity index (χ0) is 13.8. The highest BCUT2D eigenvalue weighted by molar-refractivity contribution is 9.13. The van der Waals surface area contributed by atoms with Gasteiger partial charge in [0.25, 0.3) is 5.91 Å². The van der Waals surface area contributed by atoms with Gasteiger partial charge in [0.1, 0.15) is 0 Å². The molecule has 1 amide bonds. The number of amides is 1. The summed E-state index contributed by atoms with van der Waals surface area (Å²) in [6.07, 6.45) is 6.09. The second-order valence-corrected chi connectivity index (χ2v) is 8.73. The maximum absolute atomic E-state index is 12.7. The molecule has 0 N–H and O–H groups in total. The maximum atomic E-state index is 12.7. The summed E-state index contributed by atoms with van der Waals surface area (Å²) in [5.41, 5.74) is 0. The molecule has 0 aromatic carbocycles. The molecule has 0 atom stereocenters. The van der Waals surface area contributed by atoms with Crippen LogP contribution in [0.1, 0.15) is 41.8 Å². The predicted octanol–water partition coefficient (Wildman–Crippen LogP) is 5.44. The average molecular weight is 474 g/mol. The van der Waals surface area contributed by atoms with E-state index in [1.165, 1.54) is 30.6 Å². The van der Waals surface area contributed by atoms with Crippen molar-refractivity contribution in [2.24, 2.45) is 0 Å². The third kappa shape index (κ3) is 4.05. The largest absolute Gasteiger partial charge is 0.334 e. The van der Waals surface area contributed by atoms with Crippen LogP contribution in [-0.4, -0.2) is 28.7 Å². The summed E-state index contributed by atoms with van der Waals surface area (Å²) in [5, 5.41) is 0.836. The van der Waals surface area contributed by atoms with E-state index in [1.807, 2.05) is 6.07 Å². The molecule has 1 heterocycles. The number of alkyl halides is 1. The van der Waals surface area contributed by atoms with Crippen molar-refractivity contribution >= 4 is 65.0 Å². The fraction of sp³-hybridized carbons (Fsp3) is 0.615. The zero-order valence-corrected chi connectivity index (χ0v) is 16.1. The molecule has 0 bridgehead atoms. The number of rotatable bonds is 4. The van der Waals surface area contributed by atoms with Crippen molar-refractivity contribution in [1.29, 1.82) is 0 Å². The second-order valence-electron chi connectivity index (χ2n) is 4.71. The summed E-state index contributed by atoms with van der Waals surface area (Å²) in [4.78, 5) is 15.5. The Morgan fingerprint density at radius 1 is 1.32 bits per heavy atom. The van der Waals surface area contributed by atoms with Gasteiger partial charge in [-0.1, -0.05) is 35.2 Å². The molecule has 6 heteroatoms. The summed E-state index contributed by atoms with van der Waals surface area (Å²) in [6.45, 7) is 0.788. The summed E-state index contributed by atoms with van der Waals surface area (Å²) in [5.74, 6) is 0.169. The van der Waals surface area contributed by atoms with Crippen LogP contribution in [0.3, 0.4) is 0 Å². The third-order valence-corrected chi connectivity index (χ3v) is 7.06. The number of hydrogen-bond acceptors (Lipinski definition) is 2. The highest BCUT2D eigenvalue weighted by Crippen LogP contribution is 2.34. The average Bonchev–Trinajstić information content (AvgIpc) is 2.76. The molecule has 2 rings (SSSR count). The van der Waals surface area contributed by atoms with Gasteiger partial charge in [-0.2, -0.15) is 0 Å². The van der Waals surface area contributed by atoms with Crippen LogP contribution in [0.4, 0.5) is 0 Å². The Morgan fingerprint density at radius 2 is 2.00 bits per heavy atom. The minimum Gasteiger partial charge on any atom is -0.334 e. The van der Waals surface area contributed by atoms with Crippen molar-refractivity contribution in [3.63, 3.8) is 0 Å². The number of carbonyl (C=O) groups excluding carboxylic acids is 1. The molecule has 1 aliphatic carbocycles. The van der Waals surface area contributed by atoms with Gasteiger partial charge in [0.15, 0.2) is 0 Å². The first-order chi connectivity index (χ1) is 9.13. The predicted molar refractivity (Wildman–Crippen MR) is 91.4 cm³/mol. The second kappa shape index (κ2) is 7.57. The normalized spacial score (nSPS) is 16.6. The van der Waals surface area contributed by atoms with Gasteiger partial charge in [-0.25, -0.2) is 0 Å². The van der Waals surface area contributed by atoms with Gasteiger partial charge in [0.05, 0.1) is 8.66 Å². The van der Waals surface area contributed by atoms with E-state index in [2.05, 4.69) is 52.7 Å². The number of halogens is 3. The fourth-order valence-electron chi connectivity index (χ4n) is 2.53. The molecule has 0 saturated heterocycles. The monoisotopic (exact) mass is 471 g/mol. The highest BCUT2D eigenvalue weighted by atomic mass is 79.9. The number of hydrogen-bond donors (Lipinski definition) is 0. The molecule has 0 radical (unpaired) electrons. The van der Waals surface area contributed by atoms with Gasteiger partial charge in [-0.3, -0.25) is 4.79 Å². The smallest absolute Gasteiger partial charge is 0.264 e. The third-order valence-electron chi connectivity index (χ3n) is 3.46. The van der Waals surface area contributed by atoms with Crippen LogP contribution in [0, 0.1) is 0 Å². The van der Waals surface area contributed by atoms with Crippen LogP contribution in [0.25, 0.3) is 0 Å². The van der Waals surface area contributed by atoms with Gasteiger partial charge >= 0.3 is 0 Å². The summed E-state index contributed by atoms with van der Waals surface area (Å²) in [7, 11) is 0. The lowest BCUT2D eigenvalue weighted by atomic mass is 9.94. The molecule has 1 fully saturated rings. The lowest BCUT2D eigenvalue weighted by Gasteiger charge is -2.33. The highest BCUT2D eigenvalue weighted by Gasteiger charge is 2.27. The Hall–Kier alpha value is 0.610. The summed E-state index contributed by atoms with van der Waals surface area (Å²) < 4.78 is 1.95. The quantitative estimate of drug-likeness (QED) is 0.533. The van der Waals surface area contributed by atoms with Crippen molar-refractivity contribution in [1.82, 2.24) is 4.90 Å². The lowest BCUT2D eigenvalue weighted by Crippen LogP contribution is -2.42. The molecule has 1 saturated carbocycles. The first-order valence-electron chi connectivity index (χ1n) is 6.45. The van der Waals surface area contributed by atoms with Crippen LogP contribution in [0.15, 0.2) is 14.3 Å². The minimum absolute atomic E-state index is 0.169. The summed E-state index contributed by atoms with van der Waals surface area (Å²) in [6, 6.07) is 2.33. The lowest BCUT2D eigenvalue weighted by molar-refractivity contribution is 0.0656. The molecule has 0 aliphatic heterocycles. The van der Waals surface area contributed by atoms with Gasteiger partial charge in [-0.15, -0.1) is 11.3 Å². The van der Waals surface area contributed by atoms with E-state index in [9.17, 15) is 4.79 Å². The maximum Gasteiger partial charge on any atom is 0.264 e. The van der Waals surface area contributed by atoms with Crippen molar-refractivity contribution < 1.29 is 4.79 Å². The van der Waals surface area contributed by atoms with E-state index in [-0.39, 0.29) is 5.91 Å². The van der Waals surface area contributed by atoms with Crippen molar-refractivity contribution in [2.75, 3.05) is 11.9 Å². The van der Waals surface area contributed by atoms with Crippen molar-refractivity contribution in [2.45, 2.75) is 38.1 Å². The summed E-state index contributed by atoms with van der Waals surface area (Å²) >= 11 is 11.9. The van der Waals surface area contributed by atoms with E-state index in [0.717, 1.165) is 37.9 Å². The number of thiophene rings is 1. The van der Waals surface area contributed by atoms with Crippen LogP contribution in [-0.2, 0) is 0 Å². The topological polar surface area (TPSA) is 20.3 Å². The van der Waals surface area contributed by atoms with Crippen LogP contribution in [0.2, 0.25) is 0 Å². The van der Waals surface area contributed by atoms with Crippen LogP contribution >= 0.6 is 59.1 Å². The Bertz CT molecular complexity index is 424. The molecule has 1 aliphatic rings. The molecular weight excluding hydrogens is 458 g/mol. The molecular formula is C13H16Br3NOS. The van der Waals surface area contributed by atoms with Crippen molar-refractivity contribution in [3.8, 4) is 0 Å². The van der Waals surface area contributed by atoms with Crippen molar-refractivity contribution in [3.05, 3.63) is 19.2 Å². The first kappa shape index (κ1) is 16.0. The van der Waals surface area contributed by atoms with E-state index in [0.29, 0.717) is 6.04 Å². The molecule has 1 aromatic heterocycles. The fourth-order valence-corrected chi connectivity index (χ4v) is 4.90. The Labute approximate surface area is 143 Å². The SMILES string of the molecule is O=C(c1cc(Br)c(Br)s1)N(CCBr)C1CCCCC1. The molecule has 1 aromatic rings. The van der Waals surface area contributed by atoms with E-state index in [1.54, 1.807) is 0 Å². The van der Waals surface area contributed by atoms with E-state index in [4.69, 9.17) is 0 Å². The Morgan fingerprint density at radius 3 is 2.53 bits per heavy atom. The van der Waals surface area contributed by atoms with Gasteiger partial charge in [-0.05, 0) is 50.8 Å². The van der Waals surface area contributed by atoms with E-state index < -0.39 is 0 Å². The molecule has 106 valence electrons. The van der Waals surface area contributed by atoms with E-state index >= 15 is 0 Å².